The highest BCUT2D eigenvalue weighted by molar-refractivity contribution is 5.97. The van der Waals surface area contributed by atoms with Crippen LogP contribution in [0, 0.1) is 0 Å². The molecule has 0 aromatic heterocycles. The molecule has 4 N–H and O–H groups in total. The van der Waals surface area contributed by atoms with Crippen molar-refractivity contribution in [1.29, 1.82) is 0 Å². The van der Waals surface area contributed by atoms with E-state index in [0.717, 1.165) is 32.7 Å². The molecule has 2 aromatic carbocycles. The number of carbonyl (C=O) groups is 2. The van der Waals surface area contributed by atoms with Crippen molar-refractivity contribution in [3.63, 3.8) is 0 Å². The molecule has 0 spiro atoms. The van der Waals surface area contributed by atoms with Gasteiger partial charge in [-0.3, -0.25) is 9.59 Å². The Balaban J connectivity index is 1.40. The summed E-state index contributed by atoms with van der Waals surface area (Å²) >= 11 is 0. The van der Waals surface area contributed by atoms with Crippen LogP contribution in [-0.2, 0) is 4.79 Å². The van der Waals surface area contributed by atoms with Gasteiger partial charge in [-0.05, 0) is 36.8 Å². The molecule has 0 atom stereocenters. The zero-order chi connectivity index (χ0) is 21.2. The summed E-state index contributed by atoms with van der Waals surface area (Å²) < 4.78 is 0. The van der Waals surface area contributed by atoms with Crippen molar-refractivity contribution in [1.82, 2.24) is 5.32 Å². The Labute approximate surface area is 178 Å². The van der Waals surface area contributed by atoms with Gasteiger partial charge in [-0.1, -0.05) is 42.5 Å². The fraction of sp³-hybridized carbons (Fsp3) is 0.333. The van der Waals surface area contributed by atoms with Crippen LogP contribution in [0.25, 0.3) is 6.08 Å². The molecule has 6 heteroatoms. The Hall–Kier alpha value is -2.96. The monoisotopic (exact) mass is 408 g/mol. The standard InChI is InChI=1S/C24H30N4O2/c1-2-25-24(30)21-11-6-12-22(18-21)26-23(29)19-28-16-14-27(15-17-28)13-7-10-20-8-4-3-5-9-20/h3-12,18H,2,13-17,19H2,1H3,(H,25,30)(H,26,29)/p+2/b10-7+. The van der Waals surface area contributed by atoms with Crippen LogP contribution >= 0.6 is 0 Å². The molecule has 2 aromatic rings. The minimum Gasteiger partial charge on any atom is -0.352 e. The van der Waals surface area contributed by atoms with Gasteiger partial charge in [0.25, 0.3) is 11.8 Å². The molecule has 0 bridgehead atoms. The summed E-state index contributed by atoms with van der Waals surface area (Å²) in [5.41, 5.74) is 2.45. The van der Waals surface area contributed by atoms with E-state index in [9.17, 15) is 9.59 Å². The van der Waals surface area contributed by atoms with Crippen LogP contribution < -0.4 is 20.4 Å². The highest BCUT2D eigenvalue weighted by Gasteiger charge is 2.24. The van der Waals surface area contributed by atoms with Gasteiger partial charge in [-0.2, -0.15) is 0 Å². The fourth-order valence-electron chi connectivity index (χ4n) is 3.70. The second-order valence-corrected chi connectivity index (χ2v) is 7.68. The zero-order valence-corrected chi connectivity index (χ0v) is 17.6. The van der Waals surface area contributed by atoms with Crippen molar-refractivity contribution < 1.29 is 19.4 Å². The molecule has 0 radical (unpaired) electrons. The van der Waals surface area contributed by atoms with Gasteiger partial charge in [0, 0.05) is 17.8 Å². The Morgan fingerprint density at radius 1 is 0.967 bits per heavy atom. The smallest absolute Gasteiger partial charge is 0.279 e. The van der Waals surface area contributed by atoms with E-state index in [1.807, 2.05) is 19.1 Å². The number of amides is 2. The first-order chi connectivity index (χ1) is 14.6. The topological polar surface area (TPSA) is 67.1 Å². The summed E-state index contributed by atoms with van der Waals surface area (Å²) in [5, 5.41) is 5.71. The highest BCUT2D eigenvalue weighted by Crippen LogP contribution is 2.10. The second kappa shape index (κ2) is 11.3. The molecule has 30 heavy (non-hydrogen) atoms. The highest BCUT2D eigenvalue weighted by atomic mass is 16.2. The van der Waals surface area contributed by atoms with Crippen LogP contribution in [-0.4, -0.2) is 57.6 Å². The van der Waals surface area contributed by atoms with Gasteiger partial charge in [-0.25, -0.2) is 0 Å². The molecule has 3 rings (SSSR count). The SMILES string of the molecule is CCNC(=O)c1cccc(NC(=O)C[NH+]2CC[NH+](C/C=C/c3ccccc3)CC2)c1. The lowest BCUT2D eigenvalue weighted by atomic mass is 10.2. The summed E-state index contributed by atoms with van der Waals surface area (Å²) in [6, 6.07) is 17.4. The lowest BCUT2D eigenvalue weighted by molar-refractivity contribution is -1.01. The Bertz CT molecular complexity index is 859. The van der Waals surface area contributed by atoms with Crippen molar-refractivity contribution >= 4 is 23.6 Å². The van der Waals surface area contributed by atoms with E-state index < -0.39 is 0 Å². The normalized spacial score (nSPS) is 18.8. The van der Waals surface area contributed by atoms with E-state index in [1.165, 1.54) is 10.5 Å². The molecule has 0 aliphatic carbocycles. The first-order valence-corrected chi connectivity index (χ1v) is 10.7. The maximum atomic E-state index is 12.4. The fourth-order valence-corrected chi connectivity index (χ4v) is 3.70. The first kappa shape index (κ1) is 21.7. The third-order valence-electron chi connectivity index (χ3n) is 5.34. The van der Waals surface area contributed by atoms with E-state index in [1.54, 1.807) is 23.1 Å². The van der Waals surface area contributed by atoms with Crippen LogP contribution in [0.15, 0.2) is 60.7 Å². The Morgan fingerprint density at radius 2 is 1.70 bits per heavy atom. The number of anilines is 1. The second-order valence-electron chi connectivity index (χ2n) is 7.68. The number of benzene rings is 2. The molecule has 0 unspecified atom stereocenters. The molecule has 2 amide bonds. The van der Waals surface area contributed by atoms with Crippen molar-refractivity contribution in [2.75, 3.05) is 51.1 Å². The predicted molar refractivity (Wildman–Crippen MR) is 120 cm³/mol. The molecule has 6 nitrogen and oxygen atoms in total. The predicted octanol–water partition coefficient (Wildman–Crippen LogP) is -0.128. The molecule has 1 heterocycles. The number of rotatable bonds is 8. The van der Waals surface area contributed by atoms with E-state index in [0.29, 0.717) is 24.3 Å². The maximum absolute atomic E-state index is 12.4. The molecular weight excluding hydrogens is 376 g/mol. The first-order valence-electron chi connectivity index (χ1n) is 10.7. The van der Waals surface area contributed by atoms with Crippen LogP contribution in [0.1, 0.15) is 22.8 Å². The molecule has 1 aliphatic rings. The molecule has 1 fully saturated rings. The third kappa shape index (κ3) is 6.83. The average molecular weight is 409 g/mol. The summed E-state index contributed by atoms with van der Waals surface area (Å²) in [7, 11) is 0. The number of carbonyl (C=O) groups excluding carboxylic acids is 2. The van der Waals surface area contributed by atoms with Crippen LogP contribution in [0.3, 0.4) is 0 Å². The van der Waals surface area contributed by atoms with Crippen molar-refractivity contribution in [3.8, 4) is 0 Å². The van der Waals surface area contributed by atoms with Crippen LogP contribution in [0.4, 0.5) is 5.69 Å². The number of hydrogen-bond donors (Lipinski definition) is 4. The van der Waals surface area contributed by atoms with Gasteiger partial charge in [0.15, 0.2) is 6.54 Å². The Kier molecular flexibility index (Phi) is 8.18. The van der Waals surface area contributed by atoms with E-state index >= 15 is 0 Å². The van der Waals surface area contributed by atoms with Gasteiger partial charge >= 0.3 is 0 Å². The number of nitrogens with one attached hydrogen (secondary N) is 4. The summed E-state index contributed by atoms with van der Waals surface area (Å²) in [6.07, 6.45) is 4.42. The minimum absolute atomic E-state index is 0.00882. The molecule has 1 saturated heterocycles. The summed E-state index contributed by atoms with van der Waals surface area (Å²) in [4.78, 5) is 27.3. The van der Waals surface area contributed by atoms with Gasteiger partial charge in [0.1, 0.15) is 26.2 Å². The van der Waals surface area contributed by atoms with Crippen molar-refractivity contribution in [3.05, 3.63) is 71.8 Å². The largest absolute Gasteiger partial charge is 0.352 e. The van der Waals surface area contributed by atoms with Crippen LogP contribution in [0.5, 0.6) is 0 Å². The lowest BCUT2D eigenvalue weighted by Gasteiger charge is -2.28. The summed E-state index contributed by atoms with van der Waals surface area (Å²) in [6.45, 7) is 8.03. The van der Waals surface area contributed by atoms with Crippen LogP contribution in [0.2, 0.25) is 0 Å². The molecule has 0 saturated carbocycles. The van der Waals surface area contributed by atoms with Crippen molar-refractivity contribution in [2.45, 2.75) is 6.92 Å². The van der Waals surface area contributed by atoms with E-state index in [-0.39, 0.29) is 11.8 Å². The number of piperazine rings is 1. The van der Waals surface area contributed by atoms with E-state index in [4.69, 9.17) is 0 Å². The minimum atomic E-state index is -0.125. The number of hydrogen-bond acceptors (Lipinski definition) is 2. The van der Waals surface area contributed by atoms with Gasteiger partial charge in [-0.15, -0.1) is 0 Å². The Morgan fingerprint density at radius 3 is 2.43 bits per heavy atom. The maximum Gasteiger partial charge on any atom is 0.279 e. The third-order valence-corrected chi connectivity index (χ3v) is 5.34. The lowest BCUT2D eigenvalue weighted by Crippen LogP contribution is -3.28. The van der Waals surface area contributed by atoms with Gasteiger partial charge < -0.3 is 20.4 Å². The quantitative estimate of drug-likeness (QED) is 0.492. The average Bonchev–Trinajstić information content (AvgIpc) is 2.76. The zero-order valence-electron chi connectivity index (χ0n) is 17.6. The van der Waals surface area contributed by atoms with Gasteiger partial charge in [0.05, 0.1) is 6.54 Å². The van der Waals surface area contributed by atoms with Gasteiger partial charge in [0.2, 0.25) is 0 Å². The molecule has 1 aliphatic heterocycles. The van der Waals surface area contributed by atoms with Crippen molar-refractivity contribution in [2.24, 2.45) is 0 Å². The molecule has 158 valence electrons. The number of quaternary nitrogens is 2. The molecular formula is C24H32N4O2+2. The summed E-state index contributed by atoms with van der Waals surface area (Å²) in [5.74, 6) is -0.134. The van der Waals surface area contributed by atoms with E-state index in [2.05, 4.69) is 47.1 Å².